The van der Waals surface area contributed by atoms with Crippen LogP contribution in [0.4, 0.5) is 20.2 Å². The van der Waals surface area contributed by atoms with Crippen LogP contribution in [0.3, 0.4) is 0 Å². The summed E-state index contributed by atoms with van der Waals surface area (Å²) in [6.45, 7) is -1.54. The van der Waals surface area contributed by atoms with Gasteiger partial charge in [0.15, 0.2) is 6.10 Å². The van der Waals surface area contributed by atoms with Crippen molar-refractivity contribution in [3.63, 3.8) is 0 Å². The molecule has 1 heterocycles. The number of anilines is 2. The van der Waals surface area contributed by atoms with Gasteiger partial charge in [-0.05, 0) is 49.6 Å². The summed E-state index contributed by atoms with van der Waals surface area (Å²) in [7, 11) is 0. The van der Waals surface area contributed by atoms with Gasteiger partial charge in [-0.3, -0.25) is 14.4 Å². The fourth-order valence-corrected chi connectivity index (χ4v) is 3.61. The topological polar surface area (TPSA) is 84.9 Å². The van der Waals surface area contributed by atoms with Crippen LogP contribution in [0.25, 0.3) is 0 Å². The molecule has 2 unspecified atom stereocenters. The molecule has 10 heteroatoms. The second-order valence-electron chi connectivity index (χ2n) is 7.05. The average molecular weight is 464 g/mol. The molecule has 0 radical (unpaired) electrons. The number of hydrogen-bond acceptors (Lipinski definition) is 6. The van der Waals surface area contributed by atoms with E-state index in [0.29, 0.717) is 5.69 Å². The highest BCUT2D eigenvalue weighted by molar-refractivity contribution is 7.98. The molecule has 1 saturated heterocycles. The Morgan fingerprint density at radius 3 is 2.50 bits per heavy atom. The zero-order valence-electron chi connectivity index (χ0n) is 17.4. The Balaban J connectivity index is 1.58. The van der Waals surface area contributed by atoms with E-state index in [-0.39, 0.29) is 30.3 Å². The number of nitrogens with zero attached hydrogens (tertiary/aromatic N) is 1. The number of alkyl halides is 2. The number of rotatable bonds is 8. The van der Waals surface area contributed by atoms with E-state index in [1.54, 1.807) is 11.8 Å². The SMILES string of the molecule is CSc1ccc(N2CC(C(=O)OC(C)C(=O)Nc3ccccc3OC(F)F)CC2=O)cc1. The number of para-hydroxylation sites is 2. The van der Waals surface area contributed by atoms with E-state index in [1.807, 2.05) is 30.5 Å². The molecule has 2 aromatic rings. The van der Waals surface area contributed by atoms with E-state index < -0.39 is 30.5 Å². The molecule has 1 fully saturated rings. The van der Waals surface area contributed by atoms with Crippen molar-refractivity contribution in [2.24, 2.45) is 5.92 Å². The van der Waals surface area contributed by atoms with Gasteiger partial charge < -0.3 is 19.7 Å². The molecule has 1 aliphatic rings. The van der Waals surface area contributed by atoms with Gasteiger partial charge in [0.1, 0.15) is 5.75 Å². The van der Waals surface area contributed by atoms with Gasteiger partial charge in [-0.2, -0.15) is 8.78 Å². The minimum atomic E-state index is -3.05. The maximum atomic E-state index is 12.5. The number of amides is 2. The van der Waals surface area contributed by atoms with Crippen LogP contribution in [0.1, 0.15) is 13.3 Å². The van der Waals surface area contributed by atoms with Crippen LogP contribution < -0.4 is 15.0 Å². The lowest BCUT2D eigenvalue weighted by atomic mass is 10.1. The minimum absolute atomic E-state index is 0.0246. The van der Waals surface area contributed by atoms with Crippen LogP contribution in [0.15, 0.2) is 53.4 Å². The molecule has 1 aliphatic heterocycles. The third kappa shape index (κ3) is 5.76. The quantitative estimate of drug-likeness (QED) is 0.471. The molecule has 170 valence electrons. The van der Waals surface area contributed by atoms with Crippen molar-refractivity contribution in [1.29, 1.82) is 0 Å². The van der Waals surface area contributed by atoms with Crippen LogP contribution in [-0.2, 0) is 19.1 Å². The Morgan fingerprint density at radius 1 is 1.16 bits per heavy atom. The van der Waals surface area contributed by atoms with Crippen LogP contribution >= 0.6 is 11.8 Å². The predicted molar refractivity (Wildman–Crippen MR) is 116 cm³/mol. The molecule has 0 saturated carbocycles. The van der Waals surface area contributed by atoms with Crippen LogP contribution in [0.2, 0.25) is 0 Å². The monoisotopic (exact) mass is 464 g/mol. The Hall–Kier alpha value is -3.14. The Kier molecular flexibility index (Phi) is 7.68. The summed E-state index contributed by atoms with van der Waals surface area (Å²) in [5, 5.41) is 2.41. The fraction of sp³-hybridized carbons (Fsp3) is 0.318. The van der Waals surface area contributed by atoms with Gasteiger partial charge >= 0.3 is 12.6 Å². The molecule has 0 aliphatic carbocycles. The first-order valence-corrected chi connectivity index (χ1v) is 11.0. The van der Waals surface area contributed by atoms with Gasteiger partial charge in [0.05, 0.1) is 11.6 Å². The number of esters is 1. The maximum absolute atomic E-state index is 12.5. The molecule has 32 heavy (non-hydrogen) atoms. The smallest absolute Gasteiger partial charge is 0.387 e. The summed E-state index contributed by atoms with van der Waals surface area (Å²) in [6.07, 6.45) is 0.721. The third-order valence-electron chi connectivity index (χ3n) is 4.87. The Labute approximate surface area is 188 Å². The van der Waals surface area contributed by atoms with Crippen LogP contribution in [-0.4, -0.2) is 43.3 Å². The van der Waals surface area contributed by atoms with Gasteiger partial charge in [-0.15, -0.1) is 11.8 Å². The largest absolute Gasteiger partial charge is 0.452 e. The average Bonchev–Trinajstić information content (AvgIpc) is 3.16. The molecule has 2 amide bonds. The highest BCUT2D eigenvalue weighted by Crippen LogP contribution is 2.29. The standard InChI is InChI=1S/C22H22F2N2O5S/c1-13(20(28)25-17-5-3-4-6-18(17)31-22(23)24)30-21(29)14-11-19(27)26(12-14)15-7-9-16(32-2)10-8-15/h3-10,13-14,22H,11-12H2,1-2H3,(H,25,28). The Bertz CT molecular complexity index is 987. The van der Waals surface area contributed by atoms with Gasteiger partial charge in [0.25, 0.3) is 5.91 Å². The lowest BCUT2D eigenvalue weighted by Gasteiger charge is -2.18. The maximum Gasteiger partial charge on any atom is 0.387 e. The summed E-state index contributed by atoms with van der Waals surface area (Å²) in [4.78, 5) is 39.9. The number of carbonyl (C=O) groups excluding carboxylic acids is 3. The number of thioether (sulfide) groups is 1. The van der Waals surface area contributed by atoms with Gasteiger partial charge in [-0.1, -0.05) is 12.1 Å². The highest BCUT2D eigenvalue weighted by Gasteiger charge is 2.37. The van der Waals surface area contributed by atoms with E-state index in [9.17, 15) is 23.2 Å². The third-order valence-corrected chi connectivity index (χ3v) is 5.61. The number of ether oxygens (including phenoxy) is 2. The first-order valence-electron chi connectivity index (χ1n) is 9.78. The van der Waals surface area contributed by atoms with E-state index in [0.717, 1.165) is 4.90 Å². The molecule has 0 aromatic heterocycles. The van der Waals surface area contributed by atoms with Crippen molar-refractivity contribution in [2.75, 3.05) is 23.0 Å². The van der Waals surface area contributed by atoms with Crippen molar-refractivity contribution < 1.29 is 32.6 Å². The normalized spacial score (nSPS) is 16.7. The highest BCUT2D eigenvalue weighted by atomic mass is 32.2. The van der Waals surface area contributed by atoms with E-state index >= 15 is 0 Å². The Morgan fingerprint density at radius 2 is 1.84 bits per heavy atom. The zero-order chi connectivity index (χ0) is 23.3. The van der Waals surface area contributed by atoms with Gasteiger partial charge in [0, 0.05) is 23.5 Å². The van der Waals surface area contributed by atoms with Crippen LogP contribution in [0, 0.1) is 5.92 Å². The molecule has 0 bridgehead atoms. The van der Waals surface area contributed by atoms with E-state index in [2.05, 4.69) is 10.1 Å². The first-order chi connectivity index (χ1) is 15.3. The first kappa shape index (κ1) is 23.5. The van der Waals surface area contributed by atoms with Crippen molar-refractivity contribution in [2.45, 2.75) is 31.0 Å². The second kappa shape index (κ2) is 10.4. The molecule has 2 atom stereocenters. The molecule has 1 N–H and O–H groups in total. The van der Waals surface area contributed by atoms with Gasteiger partial charge in [0.2, 0.25) is 5.91 Å². The summed E-state index contributed by atoms with van der Waals surface area (Å²) in [6, 6.07) is 13.1. The van der Waals surface area contributed by atoms with Crippen molar-refractivity contribution in [3.8, 4) is 5.75 Å². The zero-order valence-corrected chi connectivity index (χ0v) is 18.2. The molecule has 0 spiro atoms. The minimum Gasteiger partial charge on any atom is -0.452 e. The fourth-order valence-electron chi connectivity index (χ4n) is 3.20. The molecule has 7 nitrogen and oxygen atoms in total. The van der Waals surface area contributed by atoms with Crippen molar-refractivity contribution in [1.82, 2.24) is 0 Å². The summed E-state index contributed by atoms with van der Waals surface area (Å²) in [5.74, 6) is -2.52. The van der Waals surface area contributed by atoms with Gasteiger partial charge in [-0.25, -0.2) is 0 Å². The summed E-state index contributed by atoms with van der Waals surface area (Å²) < 4.78 is 34.7. The molecule has 2 aromatic carbocycles. The number of nitrogens with one attached hydrogen (secondary N) is 1. The molecule has 3 rings (SSSR count). The lowest BCUT2D eigenvalue weighted by Crippen LogP contribution is -2.33. The lowest BCUT2D eigenvalue weighted by molar-refractivity contribution is -0.157. The van der Waals surface area contributed by atoms with Crippen molar-refractivity contribution >= 4 is 40.9 Å². The predicted octanol–water partition coefficient (Wildman–Crippen LogP) is 3.93. The number of benzene rings is 2. The summed E-state index contributed by atoms with van der Waals surface area (Å²) in [5.41, 5.74) is 0.709. The number of carbonyl (C=O) groups is 3. The second-order valence-corrected chi connectivity index (χ2v) is 7.93. The summed E-state index contributed by atoms with van der Waals surface area (Å²) >= 11 is 1.58. The molecular formula is C22H22F2N2O5S. The van der Waals surface area contributed by atoms with E-state index in [4.69, 9.17) is 4.74 Å². The van der Waals surface area contributed by atoms with Crippen LogP contribution in [0.5, 0.6) is 5.75 Å². The van der Waals surface area contributed by atoms with E-state index in [1.165, 1.54) is 36.1 Å². The molecular weight excluding hydrogens is 442 g/mol. The number of hydrogen-bond donors (Lipinski definition) is 1. The number of halogens is 2. The van der Waals surface area contributed by atoms with Crippen molar-refractivity contribution in [3.05, 3.63) is 48.5 Å².